The molecule has 0 aliphatic heterocycles. The molecule has 1 atom stereocenters. The van der Waals surface area contributed by atoms with E-state index in [2.05, 4.69) is 26.0 Å². The SMILES string of the molecule is CCNCc1ccc(Br)c(S(=O)(=O)NCC(C)OCC)c1. The minimum atomic E-state index is -3.56. The fourth-order valence-electron chi connectivity index (χ4n) is 1.78. The second-order valence-electron chi connectivity index (χ2n) is 4.66. The zero-order valence-corrected chi connectivity index (χ0v) is 15.1. The van der Waals surface area contributed by atoms with Crippen LogP contribution >= 0.6 is 15.9 Å². The Hall–Kier alpha value is -0.470. The molecule has 0 fully saturated rings. The number of hydrogen-bond donors (Lipinski definition) is 2. The summed E-state index contributed by atoms with van der Waals surface area (Å²) in [6.07, 6.45) is -0.159. The summed E-state index contributed by atoms with van der Waals surface area (Å²) in [5.41, 5.74) is 0.929. The molecule has 0 radical (unpaired) electrons. The highest BCUT2D eigenvalue weighted by molar-refractivity contribution is 9.10. The monoisotopic (exact) mass is 378 g/mol. The van der Waals surface area contributed by atoms with Gasteiger partial charge in [0.1, 0.15) is 0 Å². The number of sulfonamides is 1. The van der Waals surface area contributed by atoms with Crippen molar-refractivity contribution in [3.05, 3.63) is 28.2 Å². The third kappa shape index (κ3) is 6.04. The quantitative estimate of drug-likeness (QED) is 0.691. The molecule has 21 heavy (non-hydrogen) atoms. The highest BCUT2D eigenvalue weighted by Gasteiger charge is 2.19. The predicted molar refractivity (Wildman–Crippen MR) is 87.8 cm³/mol. The van der Waals surface area contributed by atoms with Crippen LogP contribution in [0.25, 0.3) is 0 Å². The van der Waals surface area contributed by atoms with Crippen molar-refractivity contribution < 1.29 is 13.2 Å². The average molecular weight is 379 g/mol. The standard InChI is InChI=1S/C14H23BrN2O3S/c1-4-16-10-12-6-7-13(15)14(8-12)21(18,19)17-9-11(3)20-5-2/h6-8,11,16-17H,4-5,9-10H2,1-3H3. The molecule has 1 aromatic rings. The van der Waals surface area contributed by atoms with Crippen molar-refractivity contribution in [2.45, 2.75) is 38.3 Å². The van der Waals surface area contributed by atoms with Crippen LogP contribution in [0.2, 0.25) is 0 Å². The van der Waals surface area contributed by atoms with Gasteiger partial charge in [-0.15, -0.1) is 0 Å². The maximum absolute atomic E-state index is 12.4. The zero-order valence-electron chi connectivity index (χ0n) is 12.6. The van der Waals surface area contributed by atoms with Gasteiger partial charge in [-0.3, -0.25) is 0 Å². The highest BCUT2D eigenvalue weighted by atomic mass is 79.9. The highest BCUT2D eigenvalue weighted by Crippen LogP contribution is 2.23. The summed E-state index contributed by atoms with van der Waals surface area (Å²) in [5.74, 6) is 0. The van der Waals surface area contributed by atoms with Gasteiger partial charge in [-0.25, -0.2) is 13.1 Å². The van der Waals surface area contributed by atoms with Gasteiger partial charge in [0.05, 0.1) is 11.0 Å². The van der Waals surface area contributed by atoms with Crippen LogP contribution in [-0.2, 0) is 21.3 Å². The number of benzene rings is 1. The number of ether oxygens (including phenoxy) is 1. The molecule has 0 aromatic heterocycles. The molecule has 0 spiro atoms. The summed E-state index contributed by atoms with van der Waals surface area (Å²) in [6.45, 7) is 8.01. The molecule has 1 aromatic carbocycles. The molecule has 1 unspecified atom stereocenters. The van der Waals surface area contributed by atoms with Crippen molar-refractivity contribution in [3.8, 4) is 0 Å². The second kappa shape index (κ2) is 8.85. The molecule has 0 saturated carbocycles. The van der Waals surface area contributed by atoms with E-state index in [4.69, 9.17) is 4.74 Å². The van der Waals surface area contributed by atoms with Crippen molar-refractivity contribution in [1.29, 1.82) is 0 Å². The lowest BCUT2D eigenvalue weighted by atomic mass is 10.2. The topological polar surface area (TPSA) is 67.4 Å². The summed E-state index contributed by atoms with van der Waals surface area (Å²) in [4.78, 5) is 0.251. The van der Waals surface area contributed by atoms with E-state index in [-0.39, 0.29) is 17.5 Å². The zero-order chi connectivity index (χ0) is 15.9. The molecular weight excluding hydrogens is 356 g/mol. The molecule has 1 rings (SSSR count). The first kappa shape index (κ1) is 18.6. The summed E-state index contributed by atoms with van der Waals surface area (Å²) in [6, 6.07) is 5.34. The van der Waals surface area contributed by atoms with Gasteiger partial charge >= 0.3 is 0 Å². The number of nitrogens with one attached hydrogen (secondary N) is 2. The molecule has 5 nitrogen and oxygen atoms in total. The van der Waals surface area contributed by atoms with Crippen LogP contribution in [0, 0.1) is 0 Å². The van der Waals surface area contributed by atoms with Crippen LogP contribution in [0.15, 0.2) is 27.6 Å². The number of hydrogen-bond acceptors (Lipinski definition) is 4. The van der Waals surface area contributed by atoms with E-state index in [0.717, 1.165) is 12.1 Å². The molecule has 120 valence electrons. The average Bonchev–Trinajstić information content (AvgIpc) is 2.44. The first-order chi connectivity index (χ1) is 9.90. The Morgan fingerprint density at radius 3 is 2.67 bits per heavy atom. The van der Waals surface area contributed by atoms with E-state index < -0.39 is 10.0 Å². The van der Waals surface area contributed by atoms with Crippen molar-refractivity contribution in [2.75, 3.05) is 19.7 Å². The summed E-state index contributed by atoms with van der Waals surface area (Å²) in [5, 5.41) is 3.18. The van der Waals surface area contributed by atoms with Crippen LogP contribution in [-0.4, -0.2) is 34.2 Å². The van der Waals surface area contributed by atoms with Gasteiger partial charge in [0.2, 0.25) is 10.0 Å². The first-order valence-electron chi connectivity index (χ1n) is 7.01. The normalized spacial score (nSPS) is 13.3. The largest absolute Gasteiger partial charge is 0.377 e. The van der Waals surface area contributed by atoms with Crippen molar-refractivity contribution in [2.24, 2.45) is 0 Å². The third-order valence-electron chi connectivity index (χ3n) is 2.88. The maximum Gasteiger partial charge on any atom is 0.241 e. The van der Waals surface area contributed by atoms with Gasteiger partial charge in [-0.2, -0.15) is 0 Å². The van der Waals surface area contributed by atoms with Crippen LogP contribution in [0.1, 0.15) is 26.3 Å². The fourth-order valence-corrected chi connectivity index (χ4v) is 3.91. The summed E-state index contributed by atoms with van der Waals surface area (Å²) in [7, 11) is -3.56. The van der Waals surface area contributed by atoms with Gasteiger partial charge in [-0.1, -0.05) is 13.0 Å². The molecule has 7 heteroatoms. The number of halogens is 1. The fraction of sp³-hybridized carbons (Fsp3) is 0.571. The van der Waals surface area contributed by atoms with Gasteiger partial charge in [-0.05, 0) is 54.0 Å². The second-order valence-corrected chi connectivity index (χ2v) is 7.25. The summed E-state index contributed by atoms with van der Waals surface area (Å²) < 4.78 is 33.2. The van der Waals surface area contributed by atoms with Gasteiger partial charge in [0, 0.05) is 24.2 Å². The third-order valence-corrected chi connectivity index (χ3v) is 5.29. The van der Waals surface area contributed by atoms with Gasteiger partial charge in [0.15, 0.2) is 0 Å². The van der Waals surface area contributed by atoms with Gasteiger partial charge in [0.25, 0.3) is 0 Å². The Labute approximate surface area is 135 Å². The molecule has 0 amide bonds. The maximum atomic E-state index is 12.4. The Kier molecular flexibility index (Phi) is 7.83. The Bertz CT molecular complexity index is 549. The van der Waals surface area contributed by atoms with E-state index in [9.17, 15) is 8.42 Å². The van der Waals surface area contributed by atoms with Crippen LogP contribution < -0.4 is 10.0 Å². The van der Waals surface area contributed by atoms with E-state index in [1.54, 1.807) is 12.1 Å². The van der Waals surface area contributed by atoms with Crippen molar-refractivity contribution >= 4 is 26.0 Å². The molecule has 2 N–H and O–H groups in total. The van der Waals surface area contributed by atoms with E-state index >= 15 is 0 Å². The lowest BCUT2D eigenvalue weighted by molar-refractivity contribution is 0.0799. The van der Waals surface area contributed by atoms with Gasteiger partial charge < -0.3 is 10.1 Å². The van der Waals surface area contributed by atoms with E-state index in [1.807, 2.05) is 26.8 Å². The Morgan fingerprint density at radius 2 is 2.05 bits per heavy atom. The number of rotatable bonds is 9. The predicted octanol–water partition coefficient (Wildman–Crippen LogP) is 2.26. The first-order valence-corrected chi connectivity index (χ1v) is 9.28. The molecule has 0 bridgehead atoms. The smallest absolute Gasteiger partial charge is 0.241 e. The minimum absolute atomic E-state index is 0.159. The van der Waals surface area contributed by atoms with Crippen LogP contribution in [0.4, 0.5) is 0 Å². The van der Waals surface area contributed by atoms with Crippen LogP contribution in [0.3, 0.4) is 0 Å². The minimum Gasteiger partial charge on any atom is -0.377 e. The lowest BCUT2D eigenvalue weighted by Crippen LogP contribution is -2.32. The Morgan fingerprint density at radius 1 is 1.33 bits per heavy atom. The van der Waals surface area contributed by atoms with Crippen molar-refractivity contribution in [3.63, 3.8) is 0 Å². The molecule has 0 aliphatic carbocycles. The summed E-state index contributed by atoms with van der Waals surface area (Å²) >= 11 is 3.30. The van der Waals surface area contributed by atoms with Crippen LogP contribution in [0.5, 0.6) is 0 Å². The van der Waals surface area contributed by atoms with E-state index in [0.29, 0.717) is 17.6 Å². The molecule has 0 aliphatic rings. The lowest BCUT2D eigenvalue weighted by Gasteiger charge is -2.14. The van der Waals surface area contributed by atoms with Crippen molar-refractivity contribution in [1.82, 2.24) is 10.0 Å². The molecule has 0 heterocycles. The van der Waals surface area contributed by atoms with E-state index in [1.165, 1.54) is 0 Å². The molecule has 0 saturated heterocycles. The Balaban J connectivity index is 2.86. The molecular formula is C14H23BrN2O3S.